The molecule has 1 fully saturated rings. The average molecular weight is 371 g/mol. The van der Waals surface area contributed by atoms with Crippen LogP contribution in [0.3, 0.4) is 0 Å². The fourth-order valence-electron chi connectivity index (χ4n) is 3.75. The Bertz CT molecular complexity index is 702. The first-order chi connectivity index (χ1) is 13.2. The van der Waals surface area contributed by atoms with Crippen LogP contribution in [0.25, 0.3) is 5.69 Å². The molecule has 7 nitrogen and oxygen atoms in total. The zero-order valence-corrected chi connectivity index (χ0v) is 16.4. The minimum Gasteiger partial charge on any atom is -0.340 e. The summed E-state index contributed by atoms with van der Waals surface area (Å²) in [6.07, 6.45) is 4.13. The largest absolute Gasteiger partial charge is 0.340 e. The smallest absolute Gasteiger partial charge is 0.225 e. The Morgan fingerprint density at radius 1 is 1.04 bits per heavy atom. The first-order valence-electron chi connectivity index (χ1n) is 10.1. The highest BCUT2D eigenvalue weighted by atomic mass is 16.2. The molecule has 1 aliphatic rings. The fourth-order valence-corrected chi connectivity index (χ4v) is 3.75. The maximum absolute atomic E-state index is 12.8. The molecule has 0 N–H and O–H groups in total. The van der Waals surface area contributed by atoms with Gasteiger partial charge in [-0.2, -0.15) is 4.68 Å². The number of carbonyl (C=O) groups is 1. The number of amides is 1. The summed E-state index contributed by atoms with van der Waals surface area (Å²) in [4.78, 5) is 17.2. The van der Waals surface area contributed by atoms with E-state index in [4.69, 9.17) is 0 Å². The zero-order valence-electron chi connectivity index (χ0n) is 16.4. The maximum Gasteiger partial charge on any atom is 0.225 e. The number of aromatic nitrogens is 4. The Morgan fingerprint density at radius 2 is 1.70 bits per heavy atom. The van der Waals surface area contributed by atoms with Crippen molar-refractivity contribution in [1.82, 2.24) is 30.0 Å². The molecule has 146 valence electrons. The van der Waals surface area contributed by atoms with E-state index in [1.165, 1.54) is 0 Å². The Labute approximate surface area is 161 Å². The first-order valence-corrected chi connectivity index (χ1v) is 10.1. The van der Waals surface area contributed by atoms with Gasteiger partial charge in [0.05, 0.1) is 12.2 Å². The van der Waals surface area contributed by atoms with E-state index in [-0.39, 0.29) is 5.92 Å². The van der Waals surface area contributed by atoms with Crippen LogP contribution in [0.4, 0.5) is 0 Å². The van der Waals surface area contributed by atoms with Crippen LogP contribution in [-0.2, 0) is 11.3 Å². The molecule has 2 aromatic rings. The van der Waals surface area contributed by atoms with Crippen molar-refractivity contribution >= 4 is 5.91 Å². The number of hydrogen-bond donors (Lipinski definition) is 0. The molecule has 0 saturated carbocycles. The topological polar surface area (TPSA) is 67.2 Å². The van der Waals surface area contributed by atoms with Crippen molar-refractivity contribution in [3.05, 3.63) is 36.2 Å². The Kier molecular flexibility index (Phi) is 6.92. The third kappa shape index (κ3) is 4.91. The molecule has 1 amide bonds. The van der Waals surface area contributed by atoms with Gasteiger partial charge in [-0.25, -0.2) is 0 Å². The maximum atomic E-state index is 12.8. The summed E-state index contributed by atoms with van der Waals surface area (Å²) in [6.45, 7) is 8.30. The van der Waals surface area contributed by atoms with Gasteiger partial charge in [0.2, 0.25) is 5.91 Å². The summed E-state index contributed by atoms with van der Waals surface area (Å²) in [7, 11) is 0. The molecule has 0 unspecified atom stereocenters. The van der Waals surface area contributed by atoms with Gasteiger partial charge in [-0.05, 0) is 35.4 Å². The van der Waals surface area contributed by atoms with E-state index >= 15 is 0 Å². The van der Waals surface area contributed by atoms with Crippen molar-refractivity contribution < 1.29 is 4.79 Å². The predicted molar refractivity (Wildman–Crippen MR) is 104 cm³/mol. The SMILES string of the molecule is CCCC(CCC)C(=O)N1CCN(Cc2nnnn2-c2ccccc2)CC1. The van der Waals surface area contributed by atoms with Gasteiger partial charge in [-0.15, -0.1) is 5.10 Å². The van der Waals surface area contributed by atoms with Crippen LogP contribution in [-0.4, -0.2) is 62.1 Å². The second kappa shape index (κ2) is 9.60. The normalized spacial score (nSPS) is 15.4. The third-order valence-electron chi connectivity index (χ3n) is 5.21. The number of rotatable bonds is 8. The van der Waals surface area contributed by atoms with Crippen molar-refractivity contribution in [2.24, 2.45) is 5.92 Å². The highest BCUT2D eigenvalue weighted by Crippen LogP contribution is 2.18. The van der Waals surface area contributed by atoms with Crippen LogP contribution in [0.5, 0.6) is 0 Å². The van der Waals surface area contributed by atoms with Crippen LogP contribution in [0.15, 0.2) is 30.3 Å². The number of piperazine rings is 1. The van der Waals surface area contributed by atoms with E-state index in [2.05, 4.69) is 34.3 Å². The van der Waals surface area contributed by atoms with Gasteiger partial charge in [0.15, 0.2) is 5.82 Å². The highest BCUT2D eigenvalue weighted by Gasteiger charge is 2.27. The molecule has 0 atom stereocenters. The number of carbonyl (C=O) groups excluding carboxylic acids is 1. The molecule has 0 bridgehead atoms. The Hall–Kier alpha value is -2.28. The minimum absolute atomic E-state index is 0.192. The van der Waals surface area contributed by atoms with Gasteiger partial charge in [-0.1, -0.05) is 44.9 Å². The number of para-hydroxylation sites is 1. The monoisotopic (exact) mass is 370 g/mol. The summed E-state index contributed by atoms with van der Waals surface area (Å²) in [5, 5.41) is 12.2. The second-order valence-electron chi connectivity index (χ2n) is 7.22. The molecule has 0 aliphatic carbocycles. The molecular weight excluding hydrogens is 340 g/mol. The second-order valence-corrected chi connectivity index (χ2v) is 7.22. The summed E-state index contributed by atoms with van der Waals surface area (Å²) >= 11 is 0. The van der Waals surface area contributed by atoms with Crippen LogP contribution in [0, 0.1) is 5.92 Å². The number of nitrogens with zero attached hydrogens (tertiary/aromatic N) is 6. The lowest BCUT2D eigenvalue weighted by atomic mass is 9.96. The highest BCUT2D eigenvalue weighted by molar-refractivity contribution is 5.78. The van der Waals surface area contributed by atoms with Gasteiger partial charge >= 0.3 is 0 Å². The van der Waals surface area contributed by atoms with E-state index in [1.54, 1.807) is 4.68 Å². The van der Waals surface area contributed by atoms with Gasteiger partial charge in [0.1, 0.15) is 0 Å². The lowest BCUT2D eigenvalue weighted by molar-refractivity contribution is -0.137. The standard InChI is InChI=1S/C20H30N6O/c1-3-8-17(9-4-2)20(27)25-14-12-24(13-15-25)16-19-21-22-23-26(19)18-10-6-5-7-11-18/h5-7,10-11,17H,3-4,8-9,12-16H2,1-2H3. The number of tetrazole rings is 1. The van der Waals surface area contributed by atoms with Gasteiger partial charge in [0.25, 0.3) is 0 Å². The minimum atomic E-state index is 0.192. The molecule has 2 heterocycles. The van der Waals surface area contributed by atoms with Crippen LogP contribution >= 0.6 is 0 Å². The molecule has 1 aromatic carbocycles. The molecule has 1 saturated heterocycles. The van der Waals surface area contributed by atoms with Crippen LogP contribution in [0.1, 0.15) is 45.4 Å². The first kappa shape index (κ1) is 19.5. The van der Waals surface area contributed by atoms with Gasteiger partial charge in [-0.3, -0.25) is 9.69 Å². The number of benzene rings is 1. The molecule has 3 rings (SSSR count). The molecule has 1 aromatic heterocycles. The van der Waals surface area contributed by atoms with Crippen molar-refractivity contribution in [3.8, 4) is 5.69 Å². The molecular formula is C20H30N6O. The van der Waals surface area contributed by atoms with E-state index < -0.39 is 0 Å². The van der Waals surface area contributed by atoms with E-state index in [1.807, 2.05) is 35.2 Å². The van der Waals surface area contributed by atoms with Crippen molar-refractivity contribution in [2.45, 2.75) is 46.1 Å². The van der Waals surface area contributed by atoms with Crippen molar-refractivity contribution in [2.75, 3.05) is 26.2 Å². The zero-order chi connectivity index (χ0) is 19.1. The Morgan fingerprint density at radius 3 is 2.33 bits per heavy atom. The summed E-state index contributed by atoms with van der Waals surface area (Å²) < 4.78 is 1.79. The van der Waals surface area contributed by atoms with Crippen molar-refractivity contribution in [1.29, 1.82) is 0 Å². The van der Waals surface area contributed by atoms with Gasteiger partial charge < -0.3 is 4.90 Å². The molecule has 0 radical (unpaired) electrons. The fraction of sp³-hybridized carbons (Fsp3) is 0.600. The summed E-state index contributed by atoms with van der Waals surface area (Å²) in [5.41, 5.74) is 0.966. The lowest BCUT2D eigenvalue weighted by Crippen LogP contribution is -2.50. The molecule has 27 heavy (non-hydrogen) atoms. The molecule has 7 heteroatoms. The van der Waals surface area contributed by atoms with E-state index in [0.29, 0.717) is 12.5 Å². The van der Waals surface area contributed by atoms with Crippen LogP contribution in [0.2, 0.25) is 0 Å². The predicted octanol–water partition coefficient (Wildman–Crippen LogP) is 2.52. The van der Waals surface area contributed by atoms with E-state index in [0.717, 1.165) is 63.4 Å². The molecule has 0 spiro atoms. The summed E-state index contributed by atoms with van der Waals surface area (Å²) in [6, 6.07) is 9.94. The van der Waals surface area contributed by atoms with Crippen LogP contribution < -0.4 is 0 Å². The van der Waals surface area contributed by atoms with Gasteiger partial charge in [0, 0.05) is 32.1 Å². The lowest BCUT2D eigenvalue weighted by Gasteiger charge is -2.36. The van der Waals surface area contributed by atoms with Crippen molar-refractivity contribution in [3.63, 3.8) is 0 Å². The quantitative estimate of drug-likeness (QED) is 0.714. The summed E-state index contributed by atoms with van der Waals surface area (Å²) in [5.74, 6) is 1.36. The Balaban J connectivity index is 1.56. The third-order valence-corrected chi connectivity index (χ3v) is 5.21. The molecule has 1 aliphatic heterocycles. The number of hydrogen-bond acceptors (Lipinski definition) is 5. The average Bonchev–Trinajstić information content (AvgIpc) is 3.17. The van der Waals surface area contributed by atoms with E-state index in [9.17, 15) is 4.79 Å².